The van der Waals surface area contributed by atoms with Crippen LogP contribution in [0.2, 0.25) is 0 Å². The van der Waals surface area contributed by atoms with Crippen molar-refractivity contribution in [2.75, 3.05) is 0 Å². The van der Waals surface area contributed by atoms with Crippen molar-refractivity contribution in [2.24, 2.45) is 0 Å². The van der Waals surface area contributed by atoms with Crippen LogP contribution in [0.5, 0.6) is 5.88 Å². The summed E-state index contributed by atoms with van der Waals surface area (Å²) in [5.41, 5.74) is 1.03. The van der Waals surface area contributed by atoms with Gasteiger partial charge in [-0.1, -0.05) is 30.3 Å². The molecule has 5 nitrogen and oxygen atoms in total. The van der Waals surface area contributed by atoms with E-state index in [9.17, 15) is 10.0 Å². The first-order valence-electron chi connectivity index (χ1n) is 6.28. The fourth-order valence-corrected chi connectivity index (χ4v) is 1.82. The molecule has 1 heterocycles. The molecule has 0 aliphatic heterocycles. The van der Waals surface area contributed by atoms with Gasteiger partial charge in [0.25, 0.3) is 0 Å². The van der Waals surface area contributed by atoms with Gasteiger partial charge < -0.3 is 15.1 Å². The number of carbonyl (C=O) groups is 1. The normalized spacial score (nSPS) is 11.8. The van der Waals surface area contributed by atoms with E-state index in [0.717, 1.165) is 5.56 Å². The smallest absolute Gasteiger partial charge is 0.380 e. The van der Waals surface area contributed by atoms with Gasteiger partial charge in [0.05, 0.1) is 6.07 Å². The lowest BCUT2D eigenvalue weighted by atomic mass is 10.1. The summed E-state index contributed by atoms with van der Waals surface area (Å²) in [5.74, 6) is -1.09. The number of aromatic nitrogens is 1. The number of carboxylic acid groups (broad SMARTS) is 1. The number of ether oxygens (including phenoxy) is 1. The molecule has 0 aliphatic rings. The van der Waals surface area contributed by atoms with E-state index in [0.29, 0.717) is 17.6 Å². The standard InChI is InChI=1S/C15H15NO4/c17-15(18)13(10-9-12-6-2-1-3-7-12)20-14-8-4-5-11-16(14)19/h1-8,11,13H,9-10H2,(H,17,18). The second-order valence-corrected chi connectivity index (χ2v) is 4.33. The minimum Gasteiger partial charge on any atom is -0.616 e. The zero-order chi connectivity index (χ0) is 14.4. The first kappa shape index (κ1) is 13.9. The zero-order valence-electron chi connectivity index (χ0n) is 10.8. The second-order valence-electron chi connectivity index (χ2n) is 4.33. The van der Waals surface area contributed by atoms with Crippen molar-refractivity contribution in [3.63, 3.8) is 0 Å². The summed E-state index contributed by atoms with van der Waals surface area (Å²) in [6, 6.07) is 14.2. The summed E-state index contributed by atoms with van der Waals surface area (Å²) in [6.45, 7) is 0. The number of hydrogen-bond acceptors (Lipinski definition) is 3. The van der Waals surface area contributed by atoms with Crippen LogP contribution in [-0.4, -0.2) is 17.2 Å². The molecule has 0 spiro atoms. The average Bonchev–Trinajstić information content (AvgIpc) is 2.46. The van der Waals surface area contributed by atoms with E-state index in [1.54, 1.807) is 12.1 Å². The van der Waals surface area contributed by atoms with Crippen LogP contribution in [0, 0.1) is 5.21 Å². The van der Waals surface area contributed by atoms with Gasteiger partial charge in [-0.05, 0) is 24.5 Å². The first-order valence-corrected chi connectivity index (χ1v) is 6.28. The van der Waals surface area contributed by atoms with Gasteiger partial charge in [0.2, 0.25) is 6.10 Å². The molecule has 20 heavy (non-hydrogen) atoms. The molecule has 2 aromatic rings. The largest absolute Gasteiger partial charge is 0.616 e. The Morgan fingerprint density at radius 2 is 1.90 bits per heavy atom. The number of aliphatic carboxylic acids is 1. The Bertz CT molecular complexity index is 571. The lowest BCUT2D eigenvalue weighted by Crippen LogP contribution is -2.35. The minimum atomic E-state index is -1.08. The van der Waals surface area contributed by atoms with Gasteiger partial charge in [-0.15, -0.1) is 4.73 Å². The van der Waals surface area contributed by atoms with Gasteiger partial charge in [-0.25, -0.2) is 4.79 Å². The first-order chi connectivity index (χ1) is 9.66. The van der Waals surface area contributed by atoms with Crippen molar-refractivity contribution in [3.05, 3.63) is 65.5 Å². The lowest BCUT2D eigenvalue weighted by molar-refractivity contribution is -0.613. The molecule has 0 fully saturated rings. The molecule has 1 aromatic heterocycles. The Balaban J connectivity index is 2.01. The average molecular weight is 273 g/mol. The third-order valence-electron chi connectivity index (χ3n) is 2.87. The maximum absolute atomic E-state index is 11.5. The molecular formula is C15H15NO4. The van der Waals surface area contributed by atoms with Crippen LogP contribution in [0.25, 0.3) is 0 Å². The van der Waals surface area contributed by atoms with Crippen molar-refractivity contribution >= 4 is 5.97 Å². The Hall–Kier alpha value is -2.56. The predicted molar refractivity (Wildman–Crippen MR) is 72.2 cm³/mol. The highest BCUT2D eigenvalue weighted by atomic mass is 16.6. The third kappa shape index (κ3) is 3.71. The fourth-order valence-electron chi connectivity index (χ4n) is 1.82. The van der Waals surface area contributed by atoms with Gasteiger partial charge in [-0.2, -0.15) is 0 Å². The monoisotopic (exact) mass is 273 g/mol. The van der Waals surface area contributed by atoms with Crippen molar-refractivity contribution in [1.82, 2.24) is 0 Å². The topological polar surface area (TPSA) is 73.5 Å². The quantitative estimate of drug-likeness (QED) is 0.643. The Kier molecular flexibility index (Phi) is 4.55. The van der Waals surface area contributed by atoms with Crippen LogP contribution < -0.4 is 9.47 Å². The van der Waals surface area contributed by atoms with Crippen LogP contribution >= 0.6 is 0 Å². The minimum absolute atomic E-state index is 0.00652. The highest BCUT2D eigenvalue weighted by molar-refractivity contribution is 5.72. The van der Waals surface area contributed by atoms with E-state index in [1.807, 2.05) is 30.3 Å². The predicted octanol–water partition coefficient (Wildman–Crippen LogP) is 1.78. The SMILES string of the molecule is O=C(O)C(CCc1ccccc1)Oc1cccc[n+]1[O-]. The molecule has 0 aliphatic carbocycles. The second kappa shape index (κ2) is 6.56. The van der Waals surface area contributed by atoms with Gasteiger partial charge in [0, 0.05) is 6.07 Å². The van der Waals surface area contributed by atoms with Crippen LogP contribution in [0.3, 0.4) is 0 Å². The molecule has 0 amide bonds. The van der Waals surface area contributed by atoms with Crippen LogP contribution in [-0.2, 0) is 11.2 Å². The third-order valence-corrected chi connectivity index (χ3v) is 2.87. The van der Waals surface area contributed by atoms with E-state index >= 15 is 0 Å². The van der Waals surface area contributed by atoms with Crippen LogP contribution in [0.1, 0.15) is 12.0 Å². The van der Waals surface area contributed by atoms with E-state index < -0.39 is 12.1 Å². The molecule has 0 bridgehead atoms. The molecule has 1 unspecified atom stereocenters. The zero-order valence-corrected chi connectivity index (χ0v) is 10.8. The number of hydrogen-bond donors (Lipinski definition) is 1. The molecule has 1 aromatic carbocycles. The van der Waals surface area contributed by atoms with Crippen LogP contribution in [0.4, 0.5) is 0 Å². The summed E-state index contributed by atoms with van der Waals surface area (Å²) in [6.07, 6.45) is 1.10. The number of nitrogens with zero attached hydrogens (tertiary/aromatic N) is 1. The van der Waals surface area contributed by atoms with Crippen molar-refractivity contribution < 1.29 is 19.4 Å². The van der Waals surface area contributed by atoms with Gasteiger partial charge in [0.1, 0.15) is 0 Å². The molecule has 5 heteroatoms. The van der Waals surface area contributed by atoms with Crippen molar-refractivity contribution in [3.8, 4) is 5.88 Å². The number of rotatable bonds is 6. The molecule has 0 saturated carbocycles. The van der Waals surface area contributed by atoms with Crippen LogP contribution in [0.15, 0.2) is 54.7 Å². The molecular weight excluding hydrogens is 258 g/mol. The number of benzene rings is 1. The molecule has 2 rings (SSSR count). The summed E-state index contributed by atoms with van der Waals surface area (Å²) >= 11 is 0. The Morgan fingerprint density at radius 1 is 1.20 bits per heavy atom. The molecule has 104 valence electrons. The Labute approximate surface area is 116 Å². The fraction of sp³-hybridized carbons (Fsp3) is 0.200. The van der Waals surface area contributed by atoms with E-state index in [2.05, 4.69) is 0 Å². The van der Waals surface area contributed by atoms with E-state index in [1.165, 1.54) is 12.3 Å². The highest BCUT2D eigenvalue weighted by Crippen LogP contribution is 2.11. The van der Waals surface area contributed by atoms with Crippen molar-refractivity contribution in [2.45, 2.75) is 18.9 Å². The maximum atomic E-state index is 11.5. The van der Waals surface area contributed by atoms with Gasteiger partial charge in [-0.3, -0.25) is 0 Å². The van der Waals surface area contributed by atoms with E-state index in [-0.39, 0.29) is 5.88 Å². The lowest BCUT2D eigenvalue weighted by Gasteiger charge is -2.13. The van der Waals surface area contributed by atoms with Crippen molar-refractivity contribution in [1.29, 1.82) is 0 Å². The summed E-state index contributed by atoms with van der Waals surface area (Å²) in [7, 11) is 0. The molecule has 1 N–H and O–H groups in total. The summed E-state index contributed by atoms with van der Waals surface area (Å²) in [5, 5.41) is 20.6. The molecule has 1 atom stereocenters. The maximum Gasteiger partial charge on any atom is 0.380 e. The summed E-state index contributed by atoms with van der Waals surface area (Å²) in [4.78, 5) is 11.2. The number of pyridine rings is 1. The Morgan fingerprint density at radius 3 is 2.55 bits per heavy atom. The van der Waals surface area contributed by atoms with Gasteiger partial charge in [0.15, 0.2) is 6.20 Å². The molecule has 0 radical (unpaired) electrons. The summed E-state index contributed by atoms with van der Waals surface area (Å²) < 4.78 is 5.79. The van der Waals surface area contributed by atoms with Gasteiger partial charge >= 0.3 is 11.8 Å². The molecule has 0 saturated heterocycles. The number of aryl methyl sites for hydroxylation is 1. The van der Waals surface area contributed by atoms with E-state index in [4.69, 9.17) is 9.84 Å². The highest BCUT2D eigenvalue weighted by Gasteiger charge is 2.22. The number of carboxylic acids is 1.